The Morgan fingerprint density at radius 3 is 2.62 bits per heavy atom. The summed E-state index contributed by atoms with van der Waals surface area (Å²) in [5, 5.41) is 2.97. The van der Waals surface area contributed by atoms with Gasteiger partial charge in [-0.2, -0.15) is 0 Å². The summed E-state index contributed by atoms with van der Waals surface area (Å²) in [7, 11) is 1.33. The van der Waals surface area contributed by atoms with Crippen LogP contribution in [0.15, 0.2) is 36.4 Å². The van der Waals surface area contributed by atoms with Crippen molar-refractivity contribution in [2.75, 3.05) is 7.11 Å². The van der Waals surface area contributed by atoms with Gasteiger partial charge in [0.2, 0.25) is 0 Å². The molecule has 0 bridgehead atoms. The Morgan fingerprint density at radius 2 is 2.05 bits per heavy atom. The van der Waals surface area contributed by atoms with Crippen molar-refractivity contribution in [3.05, 3.63) is 45.6 Å². The lowest BCUT2D eigenvalue weighted by Gasteiger charge is -2.21. The molecular weight excluding hydrogens is 381 g/mol. The van der Waals surface area contributed by atoms with Gasteiger partial charge in [0, 0.05) is 9.65 Å². The molecule has 0 aliphatic rings. The molecule has 2 atom stereocenters. The highest BCUT2D eigenvalue weighted by molar-refractivity contribution is 14.1. The van der Waals surface area contributed by atoms with Gasteiger partial charge in [-0.05, 0) is 40.6 Å². The van der Waals surface area contributed by atoms with Crippen molar-refractivity contribution in [1.82, 2.24) is 5.32 Å². The zero-order chi connectivity index (χ0) is 15.8. The molecule has 0 heterocycles. The topological polar surface area (TPSA) is 55.4 Å². The summed E-state index contributed by atoms with van der Waals surface area (Å²) in [6.07, 6.45) is 3.93. The van der Waals surface area contributed by atoms with Crippen molar-refractivity contribution in [3.8, 4) is 0 Å². The molecule has 0 radical (unpaired) electrons. The van der Waals surface area contributed by atoms with E-state index in [2.05, 4.69) is 32.6 Å². The third kappa shape index (κ3) is 5.49. The summed E-state index contributed by atoms with van der Waals surface area (Å²) < 4.78 is 5.48. The van der Waals surface area contributed by atoms with Crippen molar-refractivity contribution < 1.29 is 14.3 Å². The highest BCUT2D eigenvalue weighted by atomic mass is 127. The van der Waals surface area contributed by atoms with Gasteiger partial charge in [-0.25, -0.2) is 4.79 Å². The van der Waals surface area contributed by atoms with Gasteiger partial charge in [0.1, 0.15) is 0 Å². The van der Waals surface area contributed by atoms with Gasteiger partial charge in [-0.3, -0.25) is 4.79 Å². The average molecular weight is 401 g/mol. The molecule has 1 N–H and O–H groups in total. The second kappa shape index (κ2) is 8.81. The molecule has 1 aromatic carbocycles. The first-order chi connectivity index (χ1) is 9.99. The van der Waals surface area contributed by atoms with Crippen LogP contribution in [0.3, 0.4) is 0 Å². The number of esters is 1. The van der Waals surface area contributed by atoms with Gasteiger partial charge in [0.25, 0.3) is 5.91 Å². The van der Waals surface area contributed by atoms with Crippen LogP contribution in [0.2, 0.25) is 0 Å². The number of amides is 1. The molecule has 1 aromatic rings. The molecule has 5 heteroatoms. The molecule has 0 saturated heterocycles. The number of carbonyl (C=O) groups is 2. The van der Waals surface area contributed by atoms with Crippen molar-refractivity contribution in [1.29, 1.82) is 0 Å². The van der Waals surface area contributed by atoms with E-state index in [9.17, 15) is 9.59 Å². The van der Waals surface area contributed by atoms with Crippen LogP contribution in [0.4, 0.5) is 0 Å². The predicted molar refractivity (Wildman–Crippen MR) is 91.0 cm³/mol. The van der Waals surface area contributed by atoms with Gasteiger partial charge in [-0.1, -0.05) is 38.5 Å². The van der Waals surface area contributed by atoms with Crippen LogP contribution in [0, 0.1) is 9.49 Å². The molecular formula is C16H20INO3. The summed E-state index contributed by atoms with van der Waals surface area (Å²) in [5.74, 6) is -0.345. The molecule has 4 nitrogen and oxygen atoms in total. The average Bonchev–Trinajstić information content (AvgIpc) is 2.50. The number of nitrogens with one attached hydrogen (secondary N) is 1. The number of hydrogen-bond acceptors (Lipinski definition) is 3. The number of ether oxygens (including phenoxy) is 1. The predicted octanol–water partition coefficient (Wildman–Crippen LogP) is 3.16. The van der Waals surface area contributed by atoms with Crippen LogP contribution in [-0.4, -0.2) is 25.0 Å². The fraction of sp³-hybridized carbons (Fsp3) is 0.375. The van der Waals surface area contributed by atoms with Crippen molar-refractivity contribution in [2.45, 2.75) is 26.3 Å². The minimum Gasteiger partial charge on any atom is -0.466 e. The molecule has 0 aliphatic heterocycles. The van der Waals surface area contributed by atoms with Gasteiger partial charge >= 0.3 is 5.97 Å². The molecule has 0 aromatic heterocycles. The van der Waals surface area contributed by atoms with Crippen LogP contribution >= 0.6 is 22.6 Å². The van der Waals surface area contributed by atoms with E-state index >= 15 is 0 Å². The van der Waals surface area contributed by atoms with Gasteiger partial charge < -0.3 is 10.1 Å². The maximum Gasteiger partial charge on any atom is 0.330 e. The molecule has 0 fully saturated rings. The van der Waals surface area contributed by atoms with E-state index in [-0.39, 0.29) is 17.9 Å². The third-order valence-corrected chi connectivity index (χ3v) is 4.25. The highest BCUT2D eigenvalue weighted by Gasteiger charge is 2.18. The number of hydrogen-bond donors (Lipinski definition) is 1. The lowest BCUT2D eigenvalue weighted by Crippen LogP contribution is -2.38. The van der Waals surface area contributed by atoms with Crippen LogP contribution in [0.5, 0.6) is 0 Å². The number of benzene rings is 1. The largest absolute Gasteiger partial charge is 0.466 e. The molecule has 2 unspecified atom stereocenters. The summed E-state index contributed by atoms with van der Waals surface area (Å²) in [5.41, 5.74) is 0.637. The van der Waals surface area contributed by atoms with Crippen LogP contribution in [-0.2, 0) is 9.53 Å². The number of halogens is 1. The maximum absolute atomic E-state index is 12.3. The molecule has 1 rings (SSSR count). The van der Waals surface area contributed by atoms with E-state index in [1.54, 1.807) is 12.1 Å². The Labute approximate surface area is 139 Å². The Bertz CT molecular complexity index is 528. The highest BCUT2D eigenvalue weighted by Crippen LogP contribution is 2.14. The Balaban J connectivity index is 2.86. The monoisotopic (exact) mass is 401 g/mol. The second-order valence-electron chi connectivity index (χ2n) is 4.75. The maximum atomic E-state index is 12.3. The van der Waals surface area contributed by atoms with Crippen LogP contribution in [0.25, 0.3) is 0 Å². The molecule has 1 amide bonds. The first kappa shape index (κ1) is 17.7. The van der Waals surface area contributed by atoms with Gasteiger partial charge in [-0.15, -0.1) is 0 Å². The van der Waals surface area contributed by atoms with E-state index in [1.807, 2.05) is 32.0 Å². The second-order valence-corrected chi connectivity index (χ2v) is 5.91. The van der Waals surface area contributed by atoms with Crippen molar-refractivity contribution in [3.63, 3.8) is 0 Å². The van der Waals surface area contributed by atoms with E-state index in [1.165, 1.54) is 13.2 Å². The molecule has 114 valence electrons. The van der Waals surface area contributed by atoms with Crippen molar-refractivity contribution in [2.24, 2.45) is 5.92 Å². The standard InChI is InChI=1S/C16H20INO3/c1-4-11(2)14(9-10-15(19)21-3)18-16(20)12-7-5-6-8-13(12)17/h5-11,14H,4H2,1-3H3,(H,18,20)/b10-9+. The lowest BCUT2D eigenvalue weighted by atomic mass is 9.98. The summed E-state index contributed by atoms with van der Waals surface area (Å²) in [6, 6.07) is 7.19. The molecule has 21 heavy (non-hydrogen) atoms. The zero-order valence-corrected chi connectivity index (χ0v) is 14.6. The Hall–Kier alpha value is -1.37. The van der Waals surface area contributed by atoms with E-state index in [0.29, 0.717) is 5.56 Å². The quantitative estimate of drug-likeness (QED) is 0.453. The Morgan fingerprint density at radius 1 is 1.38 bits per heavy atom. The first-order valence-electron chi connectivity index (χ1n) is 6.81. The normalized spacial score (nSPS) is 13.7. The SMILES string of the molecule is CCC(C)C(/C=C/C(=O)OC)NC(=O)c1ccccc1I. The van der Waals surface area contributed by atoms with E-state index in [0.717, 1.165) is 9.99 Å². The number of carbonyl (C=O) groups excluding carboxylic acids is 2. The minimum atomic E-state index is -0.424. The number of rotatable bonds is 6. The zero-order valence-electron chi connectivity index (χ0n) is 12.4. The fourth-order valence-electron chi connectivity index (χ4n) is 1.76. The lowest BCUT2D eigenvalue weighted by molar-refractivity contribution is -0.134. The van der Waals surface area contributed by atoms with E-state index < -0.39 is 5.97 Å². The smallest absolute Gasteiger partial charge is 0.330 e. The third-order valence-electron chi connectivity index (χ3n) is 3.31. The minimum absolute atomic E-state index is 0.139. The summed E-state index contributed by atoms with van der Waals surface area (Å²) >= 11 is 2.13. The fourth-order valence-corrected chi connectivity index (χ4v) is 2.39. The molecule has 0 spiro atoms. The molecule has 0 aliphatic carbocycles. The Kier molecular flexibility index (Phi) is 7.42. The summed E-state index contributed by atoms with van der Waals surface area (Å²) in [6.45, 7) is 4.07. The number of methoxy groups -OCH3 is 1. The van der Waals surface area contributed by atoms with E-state index in [4.69, 9.17) is 0 Å². The van der Waals surface area contributed by atoms with Crippen molar-refractivity contribution >= 4 is 34.5 Å². The molecule has 0 saturated carbocycles. The first-order valence-corrected chi connectivity index (χ1v) is 7.89. The van der Waals surface area contributed by atoms with Gasteiger partial charge in [0.15, 0.2) is 0 Å². The van der Waals surface area contributed by atoms with Gasteiger partial charge in [0.05, 0.1) is 18.7 Å². The summed E-state index contributed by atoms with van der Waals surface area (Å²) in [4.78, 5) is 23.6. The van der Waals surface area contributed by atoms with Crippen LogP contribution < -0.4 is 5.32 Å². The van der Waals surface area contributed by atoms with Crippen LogP contribution in [0.1, 0.15) is 30.6 Å².